The summed E-state index contributed by atoms with van der Waals surface area (Å²) in [5.41, 5.74) is 1.02. The van der Waals surface area contributed by atoms with E-state index < -0.39 is 0 Å². The molecule has 2 N–H and O–H groups in total. The van der Waals surface area contributed by atoms with Crippen molar-refractivity contribution in [1.29, 1.82) is 0 Å². The maximum Gasteiger partial charge on any atom is 0.244 e. The molecule has 2 aromatic rings. The molecule has 0 spiro atoms. The summed E-state index contributed by atoms with van der Waals surface area (Å²) in [4.78, 5) is 6.70. The van der Waals surface area contributed by atoms with Gasteiger partial charge in [0.05, 0.1) is 0 Å². The van der Waals surface area contributed by atoms with Crippen LogP contribution in [0.1, 0.15) is 18.3 Å². The zero-order chi connectivity index (χ0) is 13.9. The van der Waals surface area contributed by atoms with E-state index in [0.717, 1.165) is 37.0 Å². The second-order valence-electron chi connectivity index (χ2n) is 5.19. The summed E-state index contributed by atoms with van der Waals surface area (Å²) in [6, 6.07) is 6.91. The number of anilines is 1. The van der Waals surface area contributed by atoms with Crippen molar-refractivity contribution < 1.29 is 4.39 Å². The van der Waals surface area contributed by atoms with Crippen LogP contribution in [0, 0.1) is 5.82 Å². The number of H-pyrrole nitrogens is 1. The summed E-state index contributed by atoms with van der Waals surface area (Å²) in [6.45, 7) is 4.92. The quantitative estimate of drug-likeness (QED) is 0.887. The molecule has 0 radical (unpaired) electrons. The molecule has 1 aliphatic rings. The van der Waals surface area contributed by atoms with Gasteiger partial charge in [0.15, 0.2) is 0 Å². The first kappa shape index (κ1) is 13.1. The molecule has 1 aliphatic heterocycles. The predicted molar refractivity (Wildman–Crippen MR) is 75.3 cm³/mol. The summed E-state index contributed by atoms with van der Waals surface area (Å²) in [7, 11) is 0. The lowest BCUT2D eigenvalue weighted by Crippen LogP contribution is -2.49. The zero-order valence-corrected chi connectivity index (χ0v) is 11.4. The largest absolute Gasteiger partial charge is 0.337 e. The molecule has 0 bridgehead atoms. The van der Waals surface area contributed by atoms with Crippen LogP contribution < -0.4 is 10.2 Å². The number of hydrogen-bond acceptors (Lipinski definition) is 4. The average molecular weight is 275 g/mol. The Bertz CT molecular complexity index is 565. The Kier molecular flexibility index (Phi) is 3.64. The van der Waals surface area contributed by atoms with Gasteiger partial charge >= 0.3 is 0 Å². The molecule has 2 heterocycles. The summed E-state index contributed by atoms with van der Waals surface area (Å²) in [5.74, 6) is 1.33. The number of piperazine rings is 1. The first-order valence-corrected chi connectivity index (χ1v) is 6.85. The highest BCUT2D eigenvalue weighted by Crippen LogP contribution is 2.12. The molecule has 20 heavy (non-hydrogen) atoms. The van der Waals surface area contributed by atoms with Gasteiger partial charge in [-0.25, -0.2) is 4.39 Å². The Morgan fingerprint density at radius 3 is 2.90 bits per heavy atom. The van der Waals surface area contributed by atoms with Crippen LogP contribution in [0.25, 0.3) is 0 Å². The molecule has 1 aromatic heterocycles. The van der Waals surface area contributed by atoms with Crippen molar-refractivity contribution >= 4 is 5.95 Å². The van der Waals surface area contributed by atoms with Crippen LogP contribution in [0.2, 0.25) is 0 Å². The predicted octanol–water partition coefficient (Wildman–Crippen LogP) is 1.33. The van der Waals surface area contributed by atoms with Gasteiger partial charge in [-0.15, -0.1) is 5.10 Å². The van der Waals surface area contributed by atoms with Gasteiger partial charge in [-0.2, -0.15) is 4.98 Å². The molecular formula is C14H18FN5. The number of aromatic nitrogens is 3. The second-order valence-corrected chi connectivity index (χ2v) is 5.19. The van der Waals surface area contributed by atoms with Gasteiger partial charge < -0.3 is 10.2 Å². The maximum atomic E-state index is 12.9. The molecule has 1 aromatic carbocycles. The highest BCUT2D eigenvalue weighted by molar-refractivity contribution is 5.31. The fourth-order valence-corrected chi connectivity index (χ4v) is 2.42. The Labute approximate surface area is 117 Å². The lowest BCUT2D eigenvalue weighted by atomic mass is 10.1. The first-order valence-electron chi connectivity index (χ1n) is 6.85. The van der Waals surface area contributed by atoms with Crippen LogP contribution in [0.4, 0.5) is 10.3 Å². The minimum absolute atomic E-state index is 0.221. The Balaban J connectivity index is 1.68. The van der Waals surface area contributed by atoms with E-state index in [0.29, 0.717) is 12.5 Å². The molecule has 0 saturated carbocycles. The van der Waals surface area contributed by atoms with E-state index in [1.165, 1.54) is 12.1 Å². The van der Waals surface area contributed by atoms with E-state index in [1.807, 2.05) is 0 Å². The van der Waals surface area contributed by atoms with Crippen molar-refractivity contribution in [3.05, 3.63) is 41.5 Å². The smallest absolute Gasteiger partial charge is 0.244 e. The molecule has 0 amide bonds. The first-order chi connectivity index (χ1) is 9.70. The van der Waals surface area contributed by atoms with Crippen molar-refractivity contribution in [2.45, 2.75) is 19.4 Å². The highest BCUT2D eigenvalue weighted by Gasteiger charge is 2.19. The van der Waals surface area contributed by atoms with Crippen LogP contribution in [0.15, 0.2) is 24.3 Å². The summed E-state index contributed by atoms with van der Waals surface area (Å²) in [6.07, 6.45) is 0.634. The Hall–Kier alpha value is -1.95. The number of benzene rings is 1. The normalized spacial score (nSPS) is 19.3. The number of nitrogens with one attached hydrogen (secondary N) is 2. The van der Waals surface area contributed by atoms with Gasteiger partial charge in [0.1, 0.15) is 11.6 Å². The van der Waals surface area contributed by atoms with Gasteiger partial charge in [-0.05, 0) is 24.6 Å². The van der Waals surface area contributed by atoms with E-state index in [9.17, 15) is 4.39 Å². The van der Waals surface area contributed by atoms with Crippen LogP contribution in [-0.4, -0.2) is 40.9 Å². The van der Waals surface area contributed by atoms with Gasteiger partial charge in [-0.3, -0.25) is 5.10 Å². The number of halogens is 1. The maximum absolute atomic E-state index is 12.9. The van der Waals surface area contributed by atoms with Gasteiger partial charge in [0, 0.05) is 32.1 Å². The molecule has 106 valence electrons. The molecule has 6 heteroatoms. The summed E-state index contributed by atoms with van der Waals surface area (Å²) >= 11 is 0. The van der Waals surface area contributed by atoms with Gasteiger partial charge in [0.2, 0.25) is 5.95 Å². The summed E-state index contributed by atoms with van der Waals surface area (Å²) in [5, 5.41) is 10.6. The van der Waals surface area contributed by atoms with Crippen molar-refractivity contribution in [3.8, 4) is 0 Å². The Morgan fingerprint density at radius 1 is 1.35 bits per heavy atom. The van der Waals surface area contributed by atoms with Crippen molar-refractivity contribution in [1.82, 2.24) is 20.5 Å². The number of hydrogen-bond donors (Lipinski definition) is 2. The fourth-order valence-electron chi connectivity index (χ4n) is 2.42. The zero-order valence-electron chi connectivity index (χ0n) is 11.4. The van der Waals surface area contributed by atoms with E-state index in [1.54, 1.807) is 12.1 Å². The third kappa shape index (κ3) is 2.96. The molecule has 1 atom stereocenters. The lowest BCUT2D eigenvalue weighted by Gasteiger charge is -2.30. The van der Waals surface area contributed by atoms with E-state index in [4.69, 9.17) is 0 Å². The van der Waals surface area contributed by atoms with Crippen molar-refractivity contribution in [2.75, 3.05) is 24.5 Å². The minimum Gasteiger partial charge on any atom is -0.337 e. The lowest BCUT2D eigenvalue weighted by molar-refractivity contribution is 0.480. The summed E-state index contributed by atoms with van der Waals surface area (Å²) < 4.78 is 12.9. The highest BCUT2D eigenvalue weighted by atomic mass is 19.1. The van der Waals surface area contributed by atoms with Gasteiger partial charge in [0.25, 0.3) is 0 Å². The monoisotopic (exact) mass is 275 g/mol. The number of aromatic amines is 1. The molecule has 1 fully saturated rings. The molecular weight excluding hydrogens is 257 g/mol. The van der Waals surface area contributed by atoms with Gasteiger partial charge in [-0.1, -0.05) is 12.1 Å². The van der Waals surface area contributed by atoms with Crippen molar-refractivity contribution in [2.24, 2.45) is 0 Å². The molecule has 3 rings (SSSR count). The number of rotatable bonds is 3. The molecule has 0 aliphatic carbocycles. The van der Waals surface area contributed by atoms with E-state index in [2.05, 4.69) is 32.3 Å². The van der Waals surface area contributed by atoms with Crippen LogP contribution in [-0.2, 0) is 6.42 Å². The van der Waals surface area contributed by atoms with E-state index in [-0.39, 0.29) is 5.82 Å². The Morgan fingerprint density at radius 2 is 2.15 bits per heavy atom. The minimum atomic E-state index is -0.221. The molecule has 0 unspecified atom stereocenters. The fraction of sp³-hybridized carbons (Fsp3) is 0.429. The SMILES string of the molecule is C[C@H]1CN(c2n[nH]c(Cc3ccc(F)cc3)n2)CCN1. The standard InChI is InChI=1S/C14H18FN5/c1-10-9-20(7-6-16-10)14-17-13(18-19-14)8-11-2-4-12(15)5-3-11/h2-5,10,16H,6-9H2,1H3,(H,17,18,19)/t10-/m0/s1. The van der Waals surface area contributed by atoms with Crippen LogP contribution >= 0.6 is 0 Å². The second kappa shape index (κ2) is 5.58. The van der Waals surface area contributed by atoms with Crippen molar-refractivity contribution in [3.63, 3.8) is 0 Å². The third-order valence-corrected chi connectivity index (χ3v) is 3.46. The van der Waals surface area contributed by atoms with Crippen LogP contribution in [0.5, 0.6) is 0 Å². The molecule has 1 saturated heterocycles. The average Bonchev–Trinajstić information content (AvgIpc) is 2.90. The number of nitrogens with zero attached hydrogens (tertiary/aromatic N) is 3. The van der Waals surface area contributed by atoms with Crippen LogP contribution in [0.3, 0.4) is 0 Å². The molecule has 5 nitrogen and oxygen atoms in total. The topological polar surface area (TPSA) is 56.8 Å². The van der Waals surface area contributed by atoms with E-state index >= 15 is 0 Å². The third-order valence-electron chi connectivity index (χ3n) is 3.46.